The Morgan fingerprint density at radius 3 is 2.46 bits per heavy atom. The summed E-state index contributed by atoms with van der Waals surface area (Å²) in [6, 6.07) is 18.5. The highest BCUT2D eigenvalue weighted by molar-refractivity contribution is 5.94. The number of nitrogens with zero attached hydrogens (tertiary/aromatic N) is 2. The maximum Gasteiger partial charge on any atom is 0.253 e. The number of hydrazine groups is 1. The molecule has 4 rings (SSSR count). The highest BCUT2D eigenvalue weighted by Crippen LogP contribution is 2.19. The number of hydrogen-bond acceptors (Lipinski definition) is 4. The fraction of sp³-hybridized carbons (Fsp3) is 0.348. The quantitative estimate of drug-likeness (QED) is 0.841. The number of carbonyl (C=O) groups is 1. The van der Waals surface area contributed by atoms with Gasteiger partial charge in [-0.15, -0.1) is 0 Å². The Bertz CT molecular complexity index is 806. The van der Waals surface area contributed by atoms with Crippen LogP contribution < -0.4 is 10.9 Å². The van der Waals surface area contributed by atoms with E-state index in [1.165, 1.54) is 11.1 Å². The number of rotatable bonds is 5. The average molecular weight is 377 g/mol. The lowest BCUT2D eigenvalue weighted by Gasteiger charge is -2.34. The Balaban J connectivity index is 1.29. The second-order valence-corrected chi connectivity index (χ2v) is 7.49. The van der Waals surface area contributed by atoms with Crippen LogP contribution in [0.2, 0.25) is 0 Å². The Morgan fingerprint density at radius 1 is 0.964 bits per heavy atom. The molecule has 0 spiro atoms. The predicted octanol–water partition coefficient (Wildman–Crippen LogP) is 2.35. The molecule has 2 N–H and O–H groups in total. The average Bonchev–Trinajstić information content (AvgIpc) is 3.30. The Morgan fingerprint density at radius 2 is 1.71 bits per heavy atom. The summed E-state index contributed by atoms with van der Waals surface area (Å²) in [6.07, 6.45) is 4.37. The molecule has 2 aromatic carbocycles. The molecule has 2 aliphatic rings. The van der Waals surface area contributed by atoms with Crippen molar-refractivity contribution in [3.8, 4) is 0 Å². The first kappa shape index (κ1) is 18.9. The van der Waals surface area contributed by atoms with Gasteiger partial charge in [0, 0.05) is 57.3 Å². The summed E-state index contributed by atoms with van der Waals surface area (Å²) < 4.78 is 0. The molecule has 28 heavy (non-hydrogen) atoms. The summed E-state index contributed by atoms with van der Waals surface area (Å²) in [5, 5.41) is 0. The fourth-order valence-electron chi connectivity index (χ4n) is 3.84. The molecule has 2 aromatic rings. The molecular formula is C23H28N4O. The molecule has 2 aliphatic heterocycles. The van der Waals surface area contributed by atoms with Crippen LogP contribution in [0.3, 0.4) is 0 Å². The minimum absolute atomic E-state index is 0.153. The molecule has 5 heteroatoms. The lowest BCUT2D eigenvalue weighted by Crippen LogP contribution is -2.48. The van der Waals surface area contributed by atoms with Gasteiger partial charge in [0.1, 0.15) is 0 Å². The first-order chi connectivity index (χ1) is 13.8. The number of amides is 1. The van der Waals surface area contributed by atoms with Crippen molar-refractivity contribution in [2.75, 3.05) is 45.8 Å². The van der Waals surface area contributed by atoms with Crippen LogP contribution in [0, 0.1) is 0 Å². The molecule has 5 nitrogen and oxygen atoms in total. The third-order valence-corrected chi connectivity index (χ3v) is 5.56. The summed E-state index contributed by atoms with van der Waals surface area (Å²) in [5.74, 6) is 0.584. The van der Waals surface area contributed by atoms with E-state index in [1.54, 1.807) is 0 Å². The molecule has 0 bridgehead atoms. The lowest BCUT2D eigenvalue weighted by atomic mass is 9.98. The SMILES string of the molecule is O=C(c1cccc(C2CNNC2)c1)N1CCN(C/C=C/c2ccccc2)CC1. The number of benzene rings is 2. The van der Waals surface area contributed by atoms with Crippen molar-refractivity contribution < 1.29 is 4.79 Å². The van der Waals surface area contributed by atoms with Crippen molar-refractivity contribution in [1.82, 2.24) is 20.7 Å². The molecule has 0 radical (unpaired) electrons. The standard InChI is InChI=1S/C23H28N4O/c28-23(21-10-4-9-20(16-21)22-17-24-25-18-22)27-14-12-26(13-15-27)11-5-8-19-6-2-1-3-7-19/h1-10,16,22,24-25H,11-15,17-18H2/b8-5+. The Labute approximate surface area is 167 Å². The highest BCUT2D eigenvalue weighted by atomic mass is 16.2. The molecule has 0 saturated carbocycles. The maximum absolute atomic E-state index is 12.9. The Kier molecular flexibility index (Phi) is 6.17. The van der Waals surface area contributed by atoms with Gasteiger partial charge in [-0.25, -0.2) is 0 Å². The second kappa shape index (κ2) is 9.15. The van der Waals surface area contributed by atoms with Gasteiger partial charge in [-0.3, -0.25) is 20.5 Å². The minimum Gasteiger partial charge on any atom is -0.336 e. The van der Waals surface area contributed by atoms with E-state index in [1.807, 2.05) is 23.1 Å². The van der Waals surface area contributed by atoms with Crippen LogP contribution >= 0.6 is 0 Å². The molecule has 0 unspecified atom stereocenters. The number of nitrogens with one attached hydrogen (secondary N) is 2. The van der Waals surface area contributed by atoms with Crippen molar-refractivity contribution in [2.45, 2.75) is 5.92 Å². The van der Waals surface area contributed by atoms with Gasteiger partial charge in [-0.05, 0) is 23.3 Å². The third kappa shape index (κ3) is 4.68. The monoisotopic (exact) mass is 376 g/mol. The van der Waals surface area contributed by atoms with E-state index in [2.05, 4.69) is 64.3 Å². The van der Waals surface area contributed by atoms with E-state index >= 15 is 0 Å². The van der Waals surface area contributed by atoms with Crippen LogP contribution in [0.15, 0.2) is 60.7 Å². The summed E-state index contributed by atoms with van der Waals surface area (Å²) >= 11 is 0. The second-order valence-electron chi connectivity index (χ2n) is 7.49. The van der Waals surface area contributed by atoms with E-state index in [4.69, 9.17) is 0 Å². The van der Waals surface area contributed by atoms with Gasteiger partial charge in [0.2, 0.25) is 0 Å². The van der Waals surface area contributed by atoms with Gasteiger partial charge in [0.15, 0.2) is 0 Å². The molecular weight excluding hydrogens is 348 g/mol. The summed E-state index contributed by atoms with van der Waals surface area (Å²) in [6.45, 7) is 6.15. The fourth-order valence-corrected chi connectivity index (χ4v) is 3.84. The zero-order valence-corrected chi connectivity index (χ0v) is 16.2. The van der Waals surface area contributed by atoms with E-state index in [-0.39, 0.29) is 5.91 Å². The smallest absolute Gasteiger partial charge is 0.253 e. The van der Waals surface area contributed by atoms with E-state index < -0.39 is 0 Å². The van der Waals surface area contributed by atoms with Gasteiger partial charge in [-0.2, -0.15) is 0 Å². The molecule has 146 valence electrons. The number of piperazine rings is 1. The lowest BCUT2D eigenvalue weighted by molar-refractivity contribution is 0.0650. The largest absolute Gasteiger partial charge is 0.336 e. The first-order valence-corrected chi connectivity index (χ1v) is 10.1. The summed E-state index contributed by atoms with van der Waals surface area (Å²) in [5.41, 5.74) is 9.58. The van der Waals surface area contributed by atoms with Gasteiger partial charge in [0.05, 0.1) is 0 Å². The van der Waals surface area contributed by atoms with Crippen molar-refractivity contribution in [2.24, 2.45) is 0 Å². The first-order valence-electron chi connectivity index (χ1n) is 10.1. The predicted molar refractivity (Wildman–Crippen MR) is 113 cm³/mol. The van der Waals surface area contributed by atoms with Crippen molar-refractivity contribution >= 4 is 12.0 Å². The van der Waals surface area contributed by atoms with E-state index in [0.29, 0.717) is 5.92 Å². The van der Waals surface area contributed by atoms with Gasteiger partial charge >= 0.3 is 0 Å². The van der Waals surface area contributed by atoms with Crippen LogP contribution in [0.4, 0.5) is 0 Å². The summed E-state index contributed by atoms with van der Waals surface area (Å²) in [7, 11) is 0. The normalized spacial score (nSPS) is 18.8. The van der Waals surface area contributed by atoms with E-state index in [0.717, 1.165) is 51.4 Å². The zero-order valence-electron chi connectivity index (χ0n) is 16.2. The molecule has 2 saturated heterocycles. The number of carbonyl (C=O) groups excluding carboxylic acids is 1. The summed E-state index contributed by atoms with van der Waals surface area (Å²) in [4.78, 5) is 17.3. The number of hydrogen-bond donors (Lipinski definition) is 2. The van der Waals surface area contributed by atoms with E-state index in [9.17, 15) is 4.79 Å². The van der Waals surface area contributed by atoms with Crippen molar-refractivity contribution in [1.29, 1.82) is 0 Å². The van der Waals surface area contributed by atoms with Gasteiger partial charge in [-0.1, -0.05) is 54.6 Å². The molecule has 1 amide bonds. The zero-order chi connectivity index (χ0) is 19.2. The van der Waals surface area contributed by atoms with Crippen molar-refractivity contribution in [3.63, 3.8) is 0 Å². The molecule has 2 heterocycles. The molecule has 2 fully saturated rings. The van der Waals surface area contributed by atoms with Crippen molar-refractivity contribution in [3.05, 3.63) is 77.4 Å². The van der Waals surface area contributed by atoms with Gasteiger partial charge < -0.3 is 4.90 Å². The maximum atomic E-state index is 12.9. The highest BCUT2D eigenvalue weighted by Gasteiger charge is 2.23. The van der Waals surface area contributed by atoms with Crippen LogP contribution in [0.25, 0.3) is 6.08 Å². The molecule has 0 aliphatic carbocycles. The molecule has 0 aromatic heterocycles. The van der Waals surface area contributed by atoms with Gasteiger partial charge in [0.25, 0.3) is 5.91 Å². The van der Waals surface area contributed by atoms with Crippen LogP contribution in [0.1, 0.15) is 27.4 Å². The van der Waals surface area contributed by atoms with Crippen LogP contribution in [-0.4, -0.2) is 61.5 Å². The Hall–Kier alpha value is -2.47. The van der Waals surface area contributed by atoms with Crippen LogP contribution in [-0.2, 0) is 0 Å². The third-order valence-electron chi connectivity index (χ3n) is 5.56. The topological polar surface area (TPSA) is 47.6 Å². The minimum atomic E-state index is 0.153. The molecule has 0 atom stereocenters. The van der Waals surface area contributed by atoms with Crippen LogP contribution in [0.5, 0.6) is 0 Å².